The molecule has 0 aromatic rings. The van der Waals surface area contributed by atoms with Crippen molar-refractivity contribution in [1.82, 2.24) is 0 Å². The summed E-state index contributed by atoms with van der Waals surface area (Å²) in [5.74, 6) is 2.91. The highest BCUT2D eigenvalue weighted by Crippen LogP contribution is 2.40. The number of rotatable bonds is 10. The smallest absolute Gasteiger partial charge is 0.0575 e. The van der Waals surface area contributed by atoms with Crippen molar-refractivity contribution in [3.63, 3.8) is 0 Å². The molecule has 0 heterocycles. The highest BCUT2D eigenvalue weighted by Gasteiger charge is 2.30. The molecular formula is C23H42O. The van der Waals surface area contributed by atoms with Crippen LogP contribution < -0.4 is 0 Å². The van der Waals surface area contributed by atoms with Crippen LogP contribution in [0.3, 0.4) is 0 Å². The van der Waals surface area contributed by atoms with E-state index in [0.717, 1.165) is 24.4 Å². The Morgan fingerprint density at radius 3 is 2.04 bits per heavy atom. The van der Waals surface area contributed by atoms with E-state index in [0.29, 0.717) is 6.10 Å². The molecule has 0 bridgehead atoms. The van der Waals surface area contributed by atoms with Crippen LogP contribution in [0.25, 0.3) is 0 Å². The molecule has 140 valence electrons. The number of allylic oxidation sites excluding steroid dienone is 2. The quantitative estimate of drug-likeness (QED) is 0.301. The molecule has 2 aliphatic rings. The van der Waals surface area contributed by atoms with Gasteiger partial charge in [0.1, 0.15) is 0 Å². The summed E-state index contributed by atoms with van der Waals surface area (Å²) in [6.45, 7) is 5.55. The summed E-state index contributed by atoms with van der Waals surface area (Å²) in [7, 11) is 0. The van der Waals surface area contributed by atoms with Gasteiger partial charge in [-0.05, 0) is 82.0 Å². The Labute approximate surface area is 151 Å². The first-order chi connectivity index (χ1) is 11.8. The molecule has 0 aliphatic heterocycles. The second-order valence-corrected chi connectivity index (χ2v) is 8.36. The van der Waals surface area contributed by atoms with Gasteiger partial charge in [0, 0.05) is 6.61 Å². The largest absolute Gasteiger partial charge is 0.378 e. The zero-order valence-corrected chi connectivity index (χ0v) is 16.5. The van der Waals surface area contributed by atoms with Crippen LogP contribution in [0.1, 0.15) is 104 Å². The maximum absolute atomic E-state index is 6.13. The molecule has 2 rings (SSSR count). The monoisotopic (exact) mass is 334 g/mol. The summed E-state index contributed by atoms with van der Waals surface area (Å²) >= 11 is 0. The first-order valence-corrected chi connectivity index (χ1v) is 11.1. The summed E-state index contributed by atoms with van der Waals surface area (Å²) in [5, 5.41) is 0. The van der Waals surface area contributed by atoms with Crippen LogP contribution in [0.5, 0.6) is 0 Å². The van der Waals surface area contributed by atoms with Crippen LogP contribution in [0.15, 0.2) is 12.2 Å². The second kappa shape index (κ2) is 12.1. The van der Waals surface area contributed by atoms with Gasteiger partial charge in [-0.3, -0.25) is 0 Å². The Bertz CT molecular complexity index is 319. The molecule has 2 aliphatic carbocycles. The first-order valence-electron chi connectivity index (χ1n) is 11.1. The summed E-state index contributed by atoms with van der Waals surface area (Å²) in [4.78, 5) is 0. The fourth-order valence-electron chi connectivity index (χ4n) is 4.77. The minimum absolute atomic E-state index is 0.580. The molecule has 0 aromatic carbocycles. The second-order valence-electron chi connectivity index (χ2n) is 8.36. The van der Waals surface area contributed by atoms with Crippen LogP contribution >= 0.6 is 0 Å². The molecule has 0 spiro atoms. The third-order valence-electron chi connectivity index (χ3n) is 6.42. The zero-order valence-electron chi connectivity index (χ0n) is 16.5. The lowest BCUT2D eigenvalue weighted by Crippen LogP contribution is -2.28. The van der Waals surface area contributed by atoms with Crippen molar-refractivity contribution in [1.29, 1.82) is 0 Å². The Morgan fingerprint density at radius 1 is 0.750 bits per heavy atom. The van der Waals surface area contributed by atoms with Crippen molar-refractivity contribution in [2.45, 2.75) is 110 Å². The molecular weight excluding hydrogens is 292 g/mol. The van der Waals surface area contributed by atoms with E-state index in [2.05, 4.69) is 26.0 Å². The molecule has 2 saturated carbocycles. The van der Waals surface area contributed by atoms with Gasteiger partial charge < -0.3 is 4.74 Å². The molecule has 1 nitrogen and oxygen atoms in total. The number of hydrogen-bond acceptors (Lipinski definition) is 1. The Morgan fingerprint density at radius 2 is 1.42 bits per heavy atom. The molecule has 0 aromatic heterocycles. The van der Waals surface area contributed by atoms with Crippen LogP contribution in [0.2, 0.25) is 0 Å². The van der Waals surface area contributed by atoms with Crippen LogP contribution in [-0.2, 0) is 4.74 Å². The van der Waals surface area contributed by atoms with E-state index in [1.165, 1.54) is 89.9 Å². The Hall–Kier alpha value is -0.300. The summed E-state index contributed by atoms with van der Waals surface area (Å²) < 4.78 is 6.13. The molecule has 1 heteroatoms. The lowest BCUT2D eigenvalue weighted by Gasteiger charge is -2.37. The zero-order chi connectivity index (χ0) is 17.0. The van der Waals surface area contributed by atoms with Gasteiger partial charge in [0.15, 0.2) is 0 Å². The van der Waals surface area contributed by atoms with Crippen LogP contribution in [0, 0.1) is 17.8 Å². The maximum atomic E-state index is 6.13. The maximum Gasteiger partial charge on any atom is 0.0575 e. The minimum Gasteiger partial charge on any atom is -0.378 e. The predicted octanol–water partition coefficient (Wildman–Crippen LogP) is 7.30. The molecule has 0 unspecified atom stereocenters. The predicted molar refractivity (Wildman–Crippen MR) is 105 cm³/mol. The van der Waals surface area contributed by atoms with E-state index in [4.69, 9.17) is 4.74 Å². The van der Waals surface area contributed by atoms with Crippen molar-refractivity contribution < 1.29 is 4.74 Å². The fraction of sp³-hybridized carbons (Fsp3) is 0.913. The molecule has 0 atom stereocenters. The van der Waals surface area contributed by atoms with E-state index >= 15 is 0 Å². The third-order valence-corrected chi connectivity index (χ3v) is 6.42. The van der Waals surface area contributed by atoms with Gasteiger partial charge in [-0.1, -0.05) is 51.7 Å². The SMILES string of the molecule is CCC/C=C/C1CCC(C2CCC(OCCCCCC)CC2)CC1. The van der Waals surface area contributed by atoms with Gasteiger partial charge in [-0.2, -0.15) is 0 Å². The molecule has 0 saturated heterocycles. The Kier molecular flexibility index (Phi) is 10.1. The van der Waals surface area contributed by atoms with E-state index in [1.54, 1.807) is 0 Å². The van der Waals surface area contributed by atoms with Gasteiger partial charge in [0.2, 0.25) is 0 Å². The van der Waals surface area contributed by atoms with Gasteiger partial charge in [-0.15, -0.1) is 0 Å². The average Bonchev–Trinajstić information content (AvgIpc) is 2.63. The summed E-state index contributed by atoms with van der Waals surface area (Å²) in [6.07, 6.45) is 24.7. The normalized spacial score (nSPS) is 31.6. The summed E-state index contributed by atoms with van der Waals surface area (Å²) in [5.41, 5.74) is 0. The third kappa shape index (κ3) is 7.30. The van der Waals surface area contributed by atoms with E-state index in [-0.39, 0.29) is 0 Å². The highest BCUT2D eigenvalue weighted by molar-refractivity contribution is 4.92. The van der Waals surface area contributed by atoms with Gasteiger partial charge >= 0.3 is 0 Å². The number of hydrogen-bond donors (Lipinski definition) is 0. The average molecular weight is 335 g/mol. The van der Waals surface area contributed by atoms with Crippen molar-refractivity contribution in [3.05, 3.63) is 12.2 Å². The van der Waals surface area contributed by atoms with E-state index < -0.39 is 0 Å². The Balaban J connectivity index is 1.56. The number of ether oxygens (including phenoxy) is 1. The fourth-order valence-corrected chi connectivity index (χ4v) is 4.77. The van der Waals surface area contributed by atoms with Crippen molar-refractivity contribution in [2.24, 2.45) is 17.8 Å². The topological polar surface area (TPSA) is 9.23 Å². The lowest BCUT2D eigenvalue weighted by atomic mass is 9.70. The van der Waals surface area contributed by atoms with Gasteiger partial charge in [-0.25, -0.2) is 0 Å². The number of unbranched alkanes of at least 4 members (excludes halogenated alkanes) is 4. The van der Waals surface area contributed by atoms with Crippen molar-refractivity contribution in [3.8, 4) is 0 Å². The van der Waals surface area contributed by atoms with Crippen LogP contribution in [0.4, 0.5) is 0 Å². The van der Waals surface area contributed by atoms with E-state index in [9.17, 15) is 0 Å². The molecule has 0 radical (unpaired) electrons. The molecule has 0 N–H and O–H groups in total. The van der Waals surface area contributed by atoms with Crippen LogP contribution in [-0.4, -0.2) is 12.7 Å². The molecule has 2 fully saturated rings. The standard InChI is InChI=1S/C23H42O/c1-3-5-7-9-19-24-23-17-15-22(16-18-23)21-13-11-20(12-14-21)10-8-6-4-2/h8,10,20-23H,3-7,9,11-19H2,1-2H3/b10-8+. The highest BCUT2D eigenvalue weighted by atomic mass is 16.5. The minimum atomic E-state index is 0.580. The van der Waals surface area contributed by atoms with Gasteiger partial charge in [0.05, 0.1) is 6.10 Å². The summed E-state index contributed by atoms with van der Waals surface area (Å²) in [6, 6.07) is 0. The van der Waals surface area contributed by atoms with Crippen molar-refractivity contribution in [2.75, 3.05) is 6.61 Å². The van der Waals surface area contributed by atoms with Crippen molar-refractivity contribution >= 4 is 0 Å². The van der Waals surface area contributed by atoms with E-state index in [1.807, 2.05) is 0 Å². The first kappa shape index (κ1) is 20.0. The lowest BCUT2D eigenvalue weighted by molar-refractivity contribution is 0.00597. The van der Waals surface area contributed by atoms with Gasteiger partial charge in [0.25, 0.3) is 0 Å². The molecule has 0 amide bonds. The molecule has 24 heavy (non-hydrogen) atoms.